The highest BCUT2D eigenvalue weighted by Gasteiger charge is 2.69. The van der Waals surface area contributed by atoms with Crippen LogP contribution in [0.1, 0.15) is 132 Å². The number of carbonyl (C=O) groups excluding carboxylic acids is 2. The minimum Gasteiger partial charge on any atom is -0.396 e. The summed E-state index contributed by atoms with van der Waals surface area (Å²) in [6.07, 6.45) is 11.3. The van der Waals surface area contributed by atoms with Gasteiger partial charge in [-0.25, -0.2) is 0 Å². The van der Waals surface area contributed by atoms with Gasteiger partial charge in [0.1, 0.15) is 25.2 Å². The summed E-state index contributed by atoms with van der Waals surface area (Å²) < 4.78 is 35.4. The van der Waals surface area contributed by atoms with Crippen LogP contribution in [0, 0.1) is 68.0 Å². The van der Waals surface area contributed by atoms with Gasteiger partial charge < -0.3 is 33.5 Å². The second kappa shape index (κ2) is 17.8. The lowest BCUT2D eigenvalue weighted by atomic mass is 9.44. The number of methoxy groups -OCH3 is 4. The summed E-state index contributed by atoms with van der Waals surface area (Å²) in [4.78, 5) is 27.7. The quantitative estimate of drug-likeness (QED) is 0.153. The minimum atomic E-state index is -0.575. The number of halogens is 1. The van der Waals surface area contributed by atoms with Gasteiger partial charge in [-0.3, -0.25) is 9.59 Å². The van der Waals surface area contributed by atoms with Crippen LogP contribution < -0.4 is 0 Å². The molecule has 6 rings (SSSR count). The number of rotatable bonds is 12. The molecule has 4 unspecified atom stereocenters. The first-order valence-electron chi connectivity index (χ1n) is 21.9. The number of ketones is 2. The Labute approximate surface area is 344 Å². The van der Waals surface area contributed by atoms with E-state index in [9.17, 15) is 14.7 Å². The van der Waals surface area contributed by atoms with Gasteiger partial charge in [0.05, 0.1) is 24.4 Å². The molecule has 1 N–H and O–H groups in total. The van der Waals surface area contributed by atoms with Gasteiger partial charge in [-0.15, -0.1) is 11.6 Å². The number of aliphatic hydroxyl groups is 1. The van der Waals surface area contributed by atoms with E-state index in [1.54, 1.807) is 14.2 Å². The summed E-state index contributed by atoms with van der Waals surface area (Å²) >= 11 is 6.19. The second-order valence-electron chi connectivity index (χ2n) is 20.4. The van der Waals surface area contributed by atoms with Crippen LogP contribution in [0.15, 0.2) is 0 Å². The highest BCUT2D eigenvalue weighted by Crippen LogP contribution is 2.70. The van der Waals surface area contributed by atoms with Gasteiger partial charge in [0, 0.05) is 74.4 Å². The van der Waals surface area contributed by atoms with Crippen molar-refractivity contribution in [3.05, 3.63) is 0 Å². The Balaban J connectivity index is 0.000000214. The van der Waals surface area contributed by atoms with E-state index in [-0.39, 0.29) is 78.1 Å². The lowest BCUT2D eigenvalue weighted by Gasteiger charge is -2.62. The normalized spacial score (nSPS) is 48.8. The lowest BCUT2D eigenvalue weighted by Crippen LogP contribution is -2.63. The molecule has 0 aliphatic heterocycles. The zero-order chi connectivity index (χ0) is 41.5. The van der Waals surface area contributed by atoms with Crippen LogP contribution in [-0.2, 0) is 38.0 Å². The topological polar surface area (TPSA) is 110 Å². The molecular weight excluding hydrogens is 732 g/mol. The zero-order valence-corrected chi connectivity index (χ0v) is 37.9. The third-order valence-corrected chi connectivity index (χ3v) is 18.6. The predicted octanol–water partition coefficient (Wildman–Crippen LogP) is 8.89. The fraction of sp³-hybridized carbons (Fsp3) is 0.957. The van der Waals surface area contributed by atoms with Gasteiger partial charge in [-0.05, 0) is 112 Å². The van der Waals surface area contributed by atoms with E-state index in [1.807, 2.05) is 21.1 Å². The molecule has 0 aromatic heterocycles. The molecule has 4 bridgehead atoms. The number of aliphatic hydroxyl groups excluding tert-OH is 1. The van der Waals surface area contributed by atoms with Crippen LogP contribution in [-0.4, -0.2) is 95.6 Å². The maximum atomic E-state index is 13.9. The van der Waals surface area contributed by atoms with Crippen LogP contribution in [0.2, 0.25) is 0 Å². The number of ether oxygens (including phenoxy) is 6. The molecule has 6 saturated carbocycles. The van der Waals surface area contributed by atoms with Crippen LogP contribution in [0.5, 0.6) is 0 Å². The van der Waals surface area contributed by atoms with E-state index in [0.717, 1.165) is 51.4 Å². The maximum absolute atomic E-state index is 13.9. The zero-order valence-electron chi connectivity index (χ0n) is 37.2. The van der Waals surface area contributed by atoms with Crippen molar-refractivity contribution in [3.8, 4) is 0 Å². The molecule has 6 aliphatic rings. The van der Waals surface area contributed by atoms with Gasteiger partial charge in [-0.2, -0.15) is 0 Å². The number of alkyl halides is 1. The molecule has 0 radical (unpaired) electrons. The predicted molar refractivity (Wildman–Crippen MR) is 219 cm³/mol. The summed E-state index contributed by atoms with van der Waals surface area (Å²) in [7, 11) is 6.97. The largest absolute Gasteiger partial charge is 0.396 e. The molecule has 0 aromatic carbocycles. The summed E-state index contributed by atoms with van der Waals surface area (Å²) in [5, 5.41) is 9.76. The Morgan fingerprint density at radius 2 is 1.00 bits per heavy atom. The summed E-state index contributed by atoms with van der Waals surface area (Å²) in [6, 6.07) is 0. The van der Waals surface area contributed by atoms with Crippen LogP contribution in [0.3, 0.4) is 0 Å². The van der Waals surface area contributed by atoms with Gasteiger partial charge in [-0.1, -0.05) is 55.4 Å². The molecule has 6 fully saturated rings. The molecule has 0 amide bonds. The van der Waals surface area contributed by atoms with E-state index in [2.05, 4.69) is 48.5 Å². The molecule has 9 nitrogen and oxygen atoms in total. The number of carbonyl (C=O) groups is 2. The van der Waals surface area contributed by atoms with Crippen molar-refractivity contribution in [2.24, 2.45) is 68.0 Å². The second-order valence-corrected chi connectivity index (χ2v) is 20.8. The molecule has 0 spiro atoms. The van der Waals surface area contributed by atoms with Crippen molar-refractivity contribution in [2.45, 2.75) is 157 Å². The van der Waals surface area contributed by atoms with Crippen LogP contribution in [0.4, 0.5) is 0 Å². The molecule has 324 valence electrons. The molecule has 56 heavy (non-hydrogen) atoms. The first-order chi connectivity index (χ1) is 26.4. The first-order valence-corrected chi connectivity index (χ1v) is 22.5. The third kappa shape index (κ3) is 7.32. The van der Waals surface area contributed by atoms with E-state index in [4.69, 9.17) is 40.0 Å². The number of Topliss-reactive ketones (excluding diaryl/α,β-unsaturated/α-hetero) is 2. The number of hydrogen-bond donors (Lipinski definition) is 1. The van der Waals surface area contributed by atoms with Crippen LogP contribution >= 0.6 is 11.6 Å². The third-order valence-electron chi connectivity index (χ3n) is 18.4. The maximum Gasteiger partial charge on any atom is 0.146 e. The standard InChI is InChI=1S/C23H39ClO4.C23H40O5/c2*1-15-7-9-23-10-8-17(27-6)19(23)22(15,4)18(28-14-26-5)13-21(3,11-12-24)20(25)16(23)2/h15-19H,7-14H2,1-6H3;15-19,24H,7-14H2,1-6H3/t2*15-,16+,17-,18-,19?,21-,22+,23?/m11/s1. The molecular formula is C46H79ClO9. The highest BCUT2D eigenvalue weighted by atomic mass is 35.5. The van der Waals surface area contributed by atoms with E-state index in [0.29, 0.717) is 66.8 Å². The Morgan fingerprint density at radius 1 is 0.625 bits per heavy atom. The monoisotopic (exact) mass is 811 g/mol. The fourth-order valence-corrected chi connectivity index (χ4v) is 15.1. The number of hydrogen-bond acceptors (Lipinski definition) is 9. The molecule has 6 aliphatic carbocycles. The summed E-state index contributed by atoms with van der Waals surface area (Å²) in [5.41, 5.74) is -1.22. The van der Waals surface area contributed by atoms with Gasteiger partial charge in [0.25, 0.3) is 0 Å². The van der Waals surface area contributed by atoms with Crippen molar-refractivity contribution < 1.29 is 43.1 Å². The van der Waals surface area contributed by atoms with E-state index >= 15 is 0 Å². The highest BCUT2D eigenvalue weighted by molar-refractivity contribution is 6.18. The molecule has 0 aromatic rings. The van der Waals surface area contributed by atoms with E-state index < -0.39 is 10.8 Å². The first kappa shape index (κ1) is 46.4. The van der Waals surface area contributed by atoms with Crippen molar-refractivity contribution >= 4 is 23.2 Å². The molecule has 16 atom stereocenters. The summed E-state index contributed by atoms with van der Waals surface area (Å²) in [6.45, 7) is 18.5. The van der Waals surface area contributed by atoms with E-state index in [1.165, 1.54) is 0 Å². The van der Waals surface area contributed by atoms with Crippen molar-refractivity contribution in [2.75, 3.05) is 54.5 Å². The SMILES string of the molecule is COCO[C@@H]1C[C@@](C)(CCCl)C(=O)[C@H](C)C23CC[C@@H](C)[C@]1(C)C2[C@H](OC)CC3.COCO[C@@H]1C[C@@](C)(CCO)C(=O)[C@H](C)C23CC[C@@H](C)[C@]1(C)C2[C@H](OC)CC3. The van der Waals surface area contributed by atoms with Gasteiger partial charge >= 0.3 is 0 Å². The average molecular weight is 812 g/mol. The Kier molecular flexibility index (Phi) is 14.7. The molecule has 0 saturated heterocycles. The Bertz CT molecular complexity index is 1260. The minimum absolute atomic E-state index is 0.00168. The molecule has 10 heteroatoms. The Morgan fingerprint density at radius 3 is 1.34 bits per heavy atom. The van der Waals surface area contributed by atoms with Crippen molar-refractivity contribution in [3.63, 3.8) is 0 Å². The summed E-state index contributed by atoms with van der Waals surface area (Å²) in [5.74, 6) is 2.78. The van der Waals surface area contributed by atoms with Crippen molar-refractivity contribution in [1.82, 2.24) is 0 Å². The fourth-order valence-electron chi connectivity index (χ4n) is 14.7. The van der Waals surface area contributed by atoms with Crippen molar-refractivity contribution in [1.29, 1.82) is 0 Å². The average Bonchev–Trinajstić information content (AvgIpc) is 3.78. The molecule has 0 heterocycles. The lowest BCUT2D eigenvalue weighted by molar-refractivity contribution is -0.220. The Hall–Kier alpha value is -0.650. The van der Waals surface area contributed by atoms with Crippen LogP contribution in [0.25, 0.3) is 0 Å². The van der Waals surface area contributed by atoms with Gasteiger partial charge in [0.15, 0.2) is 0 Å². The smallest absolute Gasteiger partial charge is 0.146 e. The van der Waals surface area contributed by atoms with Gasteiger partial charge in [0.2, 0.25) is 0 Å².